The summed E-state index contributed by atoms with van der Waals surface area (Å²) in [4.78, 5) is 19.8. The highest BCUT2D eigenvalue weighted by molar-refractivity contribution is 7.99. The van der Waals surface area contributed by atoms with Crippen molar-refractivity contribution in [1.29, 1.82) is 0 Å². The van der Waals surface area contributed by atoms with Crippen LogP contribution < -0.4 is 19.5 Å². The van der Waals surface area contributed by atoms with Gasteiger partial charge in [0.15, 0.2) is 0 Å². The Hall–Kier alpha value is -3.73. The molecule has 1 aromatic carbocycles. The lowest BCUT2D eigenvalue weighted by Crippen LogP contribution is -2.28. The van der Waals surface area contributed by atoms with E-state index in [2.05, 4.69) is 20.0 Å². The van der Waals surface area contributed by atoms with Gasteiger partial charge in [0.1, 0.15) is 29.0 Å². The number of fused-ring (bicyclic) bond motifs is 6. The predicted octanol–water partition coefficient (Wildman–Crippen LogP) is 3.44. The van der Waals surface area contributed by atoms with E-state index >= 15 is 0 Å². The van der Waals surface area contributed by atoms with Gasteiger partial charge in [-0.25, -0.2) is 18.0 Å². The van der Waals surface area contributed by atoms with Crippen molar-refractivity contribution in [3.8, 4) is 22.8 Å². The summed E-state index contributed by atoms with van der Waals surface area (Å²) in [5.41, 5.74) is 1.03. The molecule has 2 N–H and O–H groups in total. The Morgan fingerprint density at radius 1 is 1.12 bits per heavy atom. The number of amides is 1. The predicted molar refractivity (Wildman–Crippen MR) is 126 cm³/mol. The molecule has 1 aliphatic rings. The van der Waals surface area contributed by atoms with Crippen molar-refractivity contribution >= 4 is 32.6 Å². The zero-order valence-corrected chi connectivity index (χ0v) is 19.2. The second-order valence-corrected chi connectivity index (χ2v) is 9.92. The van der Waals surface area contributed by atoms with Crippen LogP contribution >= 0.6 is 0 Å². The molecule has 3 aromatic rings. The van der Waals surface area contributed by atoms with Crippen molar-refractivity contribution in [2.24, 2.45) is 0 Å². The van der Waals surface area contributed by atoms with Crippen molar-refractivity contribution in [1.82, 2.24) is 14.7 Å². The van der Waals surface area contributed by atoms with E-state index in [1.807, 2.05) is 0 Å². The molecule has 3 heterocycles. The first-order valence-corrected chi connectivity index (χ1v) is 12.3. The lowest BCUT2D eigenvalue weighted by molar-refractivity contribution is -0.117. The van der Waals surface area contributed by atoms with Crippen molar-refractivity contribution in [3.05, 3.63) is 59.8 Å². The molecule has 178 valence electrons. The van der Waals surface area contributed by atoms with Crippen LogP contribution in [0.15, 0.2) is 42.6 Å². The summed E-state index contributed by atoms with van der Waals surface area (Å²) < 4.78 is 55.1. The van der Waals surface area contributed by atoms with Gasteiger partial charge in [0.2, 0.25) is 11.8 Å². The summed E-state index contributed by atoms with van der Waals surface area (Å²) in [6.07, 6.45) is 2.88. The minimum absolute atomic E-state index is 0.172. The number of halogens is 2. The minimum atomic E-state index is -2.81. The first-order chi connectivity index (χ1) is 16.2. The van der Waals surface area contributed by atoms with Crippen molar-refractivity contribution in [2.45, 2.75) is 13.3 Å². The van der Waals surface area contributed by atoms with Gasteiger partial charge in [0.25, 0.3) is 0 Å². The van der Waals surface area contributed by atoms with Crippen LogP contribution in [0.4, 0.5) is 20.4 Å². The largest absolute Gasteiger partial charge is 0.493 e. The standard InChI is InChI=1S/C23H22F2N4O4S/c1-14(30)29-34(2,31)13-15-8-22-27-21-11-18(19(25)12-26-21)17-5-4-16(24)10-20(17)32-6-3-7-33-23(9-15)28-22/h4-5,8-13H,3,6-7H2,1-2H3,(H,26,27,28)(H,29,30,31). The van der Waals surface area contributed by atoms with Gasteiger partial charge < -0.3 is 14.8 Å². The maximum atomic E-state index is 14.7. The normalized spacial score (nSPS) is 14.7. The number of ether oxygens (including phenoxy) is 2. The van der Waals surface area contributed by atoms with Crippen LogP contribution in [0, 0.1) is 11.6 Å². The highest BCUT2D eigenvalue weighted by Gasteiger charge is 2.16. The minimum Gasteiger partial charge on any atom is -0.493 e. The zero-order valence-electron chi connectivity index (χ0n) is 18.4. The van der Waals surface area contributed by atoms with Gasteiger partial charge in [-0.3, -0.25) is 9.52 Å². The smallest absolute Gasteiger partial charge is 0.228 e. The Bertz CT molecular complexity index is 1370. The van der Waals surface area contributed by atoms with Gasteiger partial charge in [-0.05, 0) is 29.8 Å². The highest BCUT2D eigenvalue weighted by atomic mass is 32.2. The molecule has 8 nitrogen and oxygen atoms in total. The number of benzene rings is 1. The molecule has 4 bridgehead atoms. The maximum absolute atomic E-state index is 14.7. The Labute approximate surface area is 195 Å². The lowest BCUT2D eigenvalue weighted by atomic mass is 10.0. The summed E-state index contributed by atoms with van der Waals surface area (Å²) in [6.45, 7) is 1.70. The number of aromatic nitrogens is 2. The number of nitrogens with one attached hydrogen (secondary N) is 2. The average Bonchev–Trinajstić information content (AvgIpc) is 2.73. The summed E-state index contributed by atoms with van der Waals surface area (Å²) in [5.74, 6) is -0.520. The van der Waals surface area contributed by atoms with Crippen LogP contribution in [-0.2, 0) is 14.5 Å². The molecule has 0 radical (unpaired) electrons. The molecular formula is C23H22F2N4O4S. The molecule has 2 aromatic heterocycles. The number of anilines is 2. The Balaban J connectivity index is 1.79. The average molecular weight is 489 g/mol. The van der Waals surface area contributed by atoms with E-state index in [-0.39, 0.29) is 36.2 Å². The highest BCUT2D eigenvalue weighted by Crippen LogP contribution is 2.34. The van der Waals surface area contributed by atoms with E-state index in [1.165, 1.54) is 42.8 Å². The van der Waals surface area contributed by atoms with Gasteiger partial charge in [-0.1, -0.05) is 0 Å². The number of pyridine rings is 2. The summed E-state index contributed by atoms with van der Waals surface area (Å²) in [5, 5.41) is 4.40. The van der Waals surface area contributed by atoms with E-state index in [9.17, 15) is 17.8 Å². The Kier molecular flexibility index (Phi) is 6.64. The van der Waals surface area contributed by atoms with E-state index in [0.29, 0.717) is 23.4 Å². The number of carbonyl (C=O) groups excluding carboxylic acids is 1. The summed E-state index contributed by atoms with van der Waals surface area (Å²) in [7, 11) is -2.81. The molecule has 0 spiro atoms. The lowest BCUT2D eigenvalue weighted by Gasteiger charge is -2.16. The zero-order chi connectivity index (χ0) is 24.3. The molecule has 34 heavy (non-hydrogen) atoms. The molecule has 11 heteroatoms. The van der Waals surface area contributed by atoms with Crippen molar-refractivity contribution in [2.75, 3.05) is 24.8 Å². The monoisotopic (exact) mass is 488 g/mol. The molecular weight excluding hydrogens is 466 g/mol. The van der Waals surface area contributed by atoms with E-state index < -0.39 is 27.2 Å². The van der Waals surface area contributed by atoms with Crippen LogP contribution in [0.25, 0.3) is 11.1 Å². The van der Waals surface area contributed by atoms with E-state index in [1.54, 1.807) is 12.1 Å². The third kappa shape index (κ3) is 5.79. The van der Waals surface area contributed by atoms with Crippen LogP contribution in [0.5, 0.6) is 11.6 Å². The molecule has 0 saturated heterocycles. The topological polar surface area (TPSA) is 102 Å². The first-order valence-electron chi connectivity index (χ1n) is 10.3. The molecule has 0 fully saturated rings. The summed E-state index contributed by atoms with van der Waals surface area (Å²) >= 11 is 0. The Morgan fingerprint density at radius 3 is 2.71 bits per heavy atom. The number of hydrogen-bond acceptors (Lipinski definition) is 7. The third-order valence-corrected chi connectivity index (χ3v) is 6.09. The molecule has 4 rings (SSSR count). The van der Waals surface area contributed by atoms with Crippen molar-refractivity contribution in [3.63, 3.8) is 0 Å². The van der Waals surface area contributed by atoms with E-state index in [4.69, 9.17) is 9.47 Å². The molecule has 1 aliphatic heterocycles. The fraction of sp³-hybridized carbons (Fsp3) is 0.217. The van der Waals surface area contributed by atoms with Gasteiger partial charge in [0, 0.05) is 48.2 Å². The number of carbonyl (C=O) groups is 1. The van der Waals surface area contributed by atoms with Crippen molar-refractivity contribution < 1.29 is 27.3 Å². The van der Waals surface area contributed by atoms with Gasteiger partial charge >= 0.3 is 0 Å². The molecule has 1 atom stereocenters. The van der Waals surface area contributed by atoms with Gasteiger partial charge in [0.05, 0.1) is 29.1 Å². The van der Waals surface area contributed by atoms with Gasteiger partial charge in [-0.2, -0.15) is 4.98 Å². The van der Waals surface area contributed by atoms with Crippen LogP contribution in [0.1, 0.15) is 18.9 Å². The van der Waals surface area contributed by atoms with Gasteiger partial charge in [-0.15, -0.1) is 0 Å². The van der Waals surface area contributed by atoms with E-state index in [0.717, 1.165) is 6.20 Å². The first kappa shape index (κ1) is 23.4. The number of hydrogen-bond donors (Lipinski definition) is 2. The Morgan fingerprint density at radius 2 is 1.91 bits per heavy atom. The van der Waals surface area contributed by atoms with Crippen LogP contribution in [0.3, 0.4) is 0 Å². The molecule has 0 saturated carbocycles. The SMILES string of the molecule is CC(=O)NS(C)(=O)=Cc1cc2nc(c1)OCCCOc1cc(F)ccc1-c1cc(ncc1F)N2. The van der Waals surface area contributed by atoms with Crippen LogP contribution in [0.2, 0.25) is 0 Å². The molecule has 1 amide bonds. The maximum Gasteiger partial charge on any atom is 0.228 e. The number of nitrogens with zero attached hydrogens (tertiary/aromatic N) is 2. The fourth-order valence-electron chi connectivity index (χ4n) is 3.41. The second-order valence-electron chi connectivity index (χ2n) is 7.67. The van der Waals surface area contributed by atoms with Crippen LogP contribution in [-0.4, -0.2) is 44.9 Å². The third-order valence-electron chi connectivity index (χ3n) is 4.67. The second kappa shape index (κ2) is 9.64. The number of rotatable bonds is 2. The quantitative estimate of drug-likeness (QED) is 0.533. The molecule has 1 unspecified atom stereocenters. The summed E-state index contributed by atoms with van der Waals surface area (Å²) in [6, 6.07) is 8.52. The fourth-order valence-corrected chi connectivity index (χ4v) is 4.69. The molecule has 0 aliphatic carbocycles.